The van der Waals surface area contributed by atoms with Crippen molar-refractivity contribution in [2.45, 2.75) is 4.90 Å². The second-order valence-corrected chi connectivity index (χ2v) is 13.5. The first-order valence-corrected chi connectivity index (χ1v) is 14.5. The third-order valence-corrected chi connectivity index (χ3v) is 8.97. The number of rotatable bonds is 9. The van der Waals surface area contributed by atoms with Gasteiger partial charge in [-0.3, -0.25) is 4.18 Å². The molecule has 0 aliphatic carbocycles. The summed E-state index contributed by atoms with van der Waals surface area (Å²) in [5.74, 6) is 0. The molecule has 0 bridgehead atoms. The third kappa shape index (κ3) is 7.04. The fourth-order valence-corrected chi connectivity index (χ4v) is 7.76. The maximum Gasteiger partial charge on any atom is 0.264 e. The molecule has 0 unspecified atom stereocenters. The van der Waals surface area contributed by atoms with Crippen molar-refractivity contribution < 1.29 is 37.9 Å². The second-order valence-electron chi connectivity index (χ2n) is 5.23. The fourth-order valence-electron chi connectivity index (χ4n) is 1.86. The normalized spacial score (nSPS) is 14.0. The summed E-state index contributed by atoms with van der Waals surface area (Å²) in [4.78, 5) is -0.414. The summed E-state index contributed by atoms with van der Waals surface area (Å²) < 4.78 is 101. The van der Waals surface area contributed by atoms with Crippen LogP contribution in [0.15, 0.2) is 33.6 Å². The summed E-state index contributed by atoms with van der Waals surface area (Å²) in [5.41, 5.74) is 0. The lowest BCUT2D eigenvalue weighted by atomic mass is 10.4. The van der Waals surface area contributed by atoms with Crippen LogP contribution in [0.2, 0.25) is 0 Å². The Morgan fingerprint density at radius 3 is 1.67 bits per heavy atom. The molecule has 0 aliphatic rings. The van der Waals surface area contributed by atoms with Gasteiger partial charge in [0.2, 0.25) is 20.0 Å². The van der Waals surface area contributed by atoms with E-state index in [1.807, 2.05) is 0 Å². The highest BCUT2D eigenvalue weighted by Gasteiger charge is 2.41. The molecule has 0 amide bonds. The Balaban J connectivity index is 3.55. The van der Waals surface area contributed by atoms with Crippen molar-refractivity contribution in [3.05, 3.63) is 28.7 Å². The van der Waals surface area contributed by atoms with E-state index in [0.29, 0.717) is 23.2 Å². The van der Waals surface area contributed by atoms with Crippen LogP contribution in [0.3, 0.4) is 0 Å². The van der Waals surface area contributed by atoms with Gasteiger partial charge in [0, 0.05) is 4.47 Å². The highest BCUT2D eigenvalue weighted by Crippen LogP contribution is 2.23. The largest absolute Gasteiger partial charge is 0.269 e. The Labute approximate surface area is 167 Å². The van der Waals surface area contributed by atoms with Crippen molar-refractivity contribution in [1.29, 1.82) is 0 Å². The number of hydrogen-bond donors (Lipinski definition) is 0. The van der Waals surface area contributed by atoms with Crippen LogP contribution in [0.25, 0.3) is 0 Å². The fraction of sp³-hybridized carbons (Fsp3) is 0.455. The number of sulfonamides is 3. The lowest BCUT2D eigenvalue weighted by Crippen LogP contribution is -2.52. The van der Waals surface area contributed by atoms with Gasteiger partial charge in [-0.2, -0.15) is 8.42 Å². The van der Waals surface area contributed by atoms with Crippen LogP contribution >= 0.6 is 15.9 Å². The summed E-state index contributed by atoms with van der Waals surface area (Å²) in [6.45, 7) is -1.71. The summed E-state index contributed by atoms with van der Waals surface area (Å²) in [6.07, 6.45) is 1.69. The zero-order chi connectivity index (χ0) is 21.3. The summed E-state index contributed by atoms with van der Waals surface area (Å²) >= 11 is 3.11. The van der Waals surface area contributed by atoms with E-state index in [-0.39, 0.29) is 8.23 Å². The van der Waals surface area contributed by atoms with E-state index < -0.39 is 58.2 Å². The van der Waals surface area contributed by atoms with E-state index in [1.54, 1.807) is 0 Å². The average Bonchev–Trinajstić information content (AvgIpc) is 2.42. The van der Waals surface area contributed by atoms with Gasteiger partial charge >= 0.3 is 0 Å². The maximum absolute atomic E-state index is 12.9. The van der Waals surface area contributed by atoms with Crippen LogP contribution < -0.4 is 0 Å². The van der Waals surface area contributed by atoms with Crippen LogP contribution in [0.4, 0.5) is 0 Å². The van der Waals surface area contributed by atoms with E-state index in [9.17, 15) is 33.7 Å². The SMILES string of the molecule is CS(=O)(=O)OCCN(N(S(C)(=O)=O)S(C)(=O)=O)S(=O)(=O)c1ccc(Br)cc1. The maximum atomic E-state index is 12.9. The molecule has 1 rings (SSSR count). The van der Waals surface area contributed by atoms with Crippen LogP contribution in [0, 0.1) is 0 Å². The molecule has 1 aromatic carbocycles. The minimum atomic E-state index is -4.70. The number of nitrogens with zero attached hydrogens (tertiary/aromatic N) is 2. The number of hydrogen-bond acceptors (Lipinski definition) is 9. The van der Waals surface area contributed by atoms with Crippen molar-refractivity contribution in [3.63, 3.8) is 0 Å². The van der Waals surface area contributed by atoms with Crippen LogP contribution in [-0.2, 0) is 44.4 Å². The summed E-state index contributed by atoms with van der Waals surface area (Å²) in [7, 11) is -17.9. The molecule has 0 radical (unpaired) electrons. The first-order chi connectivity index (χ1) is 12.0. The Morgan fingerprint density at radius 2 is 1.30 bits per heavy atom. The van der Waals surface area contributed by atoms with Crippen LogP contribution in [0.1, 0.15) is 0 Å². The predicted molar refractivity (Wildman–Crippen MR) is 100 cm³/mol. The molecule has 0 N–H and O–H groups in total. The van der Waals surface area contributed by atoms with Crippen molar-refractivity contribution in [2.75, 3.05) is 31.9 Å². The first-order valence-electron chi connectivity index (χ1n) is 6.79. The van der Waals surface area contributed by atoms with E-state index in [1.165, 1.54) is 12.1 Å². The Bertz CT molecular complexity index is 1060. The molecule has 16 heteroatoms. The highest BCUT2D eigenvalue weighted by atomic mass is 79.9. The Kier molecular flexibility index (Phi) is 7.60. The van der Waals surface area contributed by atoms with E-state index in [4.69, 9.17) is 0 Å². The zero-order valence-electron chi connectivity index (χ0n) is 14.3. The predicted octanol–water partition coefficient (Wildman–Crippen LogP) is -0.448. The van der Waals surface area contributed by atoms with Gasteiger partial charge in [0.25, 0.3) is 20.1 Å². The van der Waals surface area contributed by atoms with Gasteiger partial charge in [0.15, 0.2) is 0 Å². The first kappa shape index (κ1) is 24.4. The van der Waals surface area contributed by atoms with E-state index >= 15 is 0 Å². The van der Waals surface area contributed by atoms with Gasteiger partial charge in [0.05, 0.1) is 36.8 Å². The molecular weight excluding hydrogens is 512 g/mol. The standard InChI is InChI=1S/C11H17BrN2O9S4/c1-24(15,16)14(25(2,17)18)13(8-9-23-26(3,19)20)27(21,22)11-6-4-10(12)5-7-11/h4-7H,8-9H2,1-3H3. The number of halogens is 1. The van der Waals surface area contributed by atoms with Crippen LogP contribution in [-0.4, -0.2) is 73.8 Å². The molecular formula is C11H17BrN2O9S4. The number of hydrazine groups is 1. The molecule has 0 fully saturated rings. The van der Waals surface area contributed by atoms with Gasteiger partial charge in [-0.15, -0.1) is 4.41 Å². The monoisotopic (exact) mass is 528 g/mol. The Hall–Kier alpha value is -0.620. The van der Waals surface area contributed by atoms with Crippen LogP contribution in [0.5, 0.6) is 0 Å². The van der Waals surface area contributed by atoms with E-state index in [2.05, 4.69) is 20.1 Å². The molecule has 0 atom stereocenters. The quantitative estimate of drug-likeness (QED) is 0.306. The van der Waals surface area contributed by atoms with E-state index in [0.717, 1.165) is 12.1 Å². The van der Waals surface area contributed by atoms with Crippen molar-refractivity contribution >= 4 is 56.1 Å². The van der Waals surface area contributed by atoms with Gasteiger partial charge in [-0.25, -0.2) is 25.3 Å². The summed E-state index contributed by atoms with van der Waals surface area (Å²) in [6, 6.07) is 4.94. The zero-order valence-corrected chi connectivity index (χ0v) is 19.2. The van der Waals surface area contributed by atoms with Crippen molar-refractivity contribution in [2.24, 2.45) is 0 Å². The summed E-state index contributed by atoms with van der Waals surface area (Å²) in [5, 5.41) is 0. The lowest BCUT2D eigenvalue weighted by Gasteiger charge is -2.29. The van der Waals surface area contributed by atoms with Crippen molar-refractivity contribution in [3.8, 4) is 0 Å². The molecule has 0 spiro atoms. The molecule has 0 saturated heterocycles. The third-order valence-electron chi connectivity index (χ3n) is 2.72. The van der Waals surface area contributed by atoms with Gasteiger partial charge in [-0.05, 0) is 28.1 Å². The van der Waals surface area contributed by atoms with Gasteiger partial charge in [-0.1, -0.05) is 15.9 Å². The average molecular weight is 529 g/mol. The number of benzene rings is 1. The Morgan fingerprint density at radius 1 is 0.852 bits per heavy atom. The minimum absolute atomic E-state index is 0.0338. The minimum Gasteiger partial charge on any atom is -0.269 e. The van der Waals surface area contributed by atoms with Crippen molar-refractivity contribution in [1.82, 2.24) is 8.23 Å². The molecule has 0 aromatic heterocycles. The second kappa shape index (κ2) is 8.40. The molecule has 27 heavy (non-hydrogen) atoms. The highest BCUT2D eigenvalue weighted by molar-refractivity contribution is 9.10. The van der Waals surface area contributed by atoms with Gasteiger partial charge < -0.3 is 0 Å². The lowest BCUT2D eigenvalue weighted by molar-refractivity contribution is 0.207. The molecule has 0 aliphatic heterocycles. The smallest absolute Gasteiger partial charge is 0.264 e. The topological polar surface area (TPSA) is 152 Å². The molecule has 0 heterocycles. The van der Waals surface area contributed by atoms with Gasteiger partial charge in [0.1, 0.15) is 0 Å². The molecule has 0 saturated carbocycles. The molecule has 11 nitrogen and oxygen atoms in total. The molecule has 156 valence electrons. The molecule has 1 aromatic rings.